The summed E-state index contributed by atoms with van der Waals surface area (Å²) in [4.78, 5) is 15.4. The van der Waals surface area contributed by atoms with Crippen LogP contribution in [0.1, 0.15) is 31.7 Å². The number of benzene rings is 1. The summed E-state index contributed by atoms with van der Waals surface area (Å²) in [5, 5.41) is 3.65. The van der Waals surface area contributed by atoms with Crippen molar-refractivity contribution in [3.05, 3.63) is 41.1 Å². The van der Waals surface area contributed by atoms with Gasteiger partial charge in [-0.2, -0.15) is 0 Å². The van der Waals surface area contributed by atoms with Crippen LogP contribution in [0, 0.1) is 11.8 Å². The molecule has 0 radical (unpaired) electrons. The monoisotopic (exact) mass is 324 g/mol. The zero-order valence-corrected chi connectivity index (χ0v) is 14.3. The Kier molecular flexibility index (Phi) is 2.94. The van der Waals surface area contributed by atoms with E-state index in [1.807, 2.05) is 0 Å². The molecule has 2 saturated heterocycles. The molecule has 1 aromatic rings. The Morgan fingerprint density at radius 3 is 3.04 bits per heavy atom. The van der Waals surface area contributed by atoms with Gasteiger partial charge in [-0.1, -0.05) is 31.5 Å². The summed E-state index contributed by atoms with van der Waals surface area (Å²) in [5.74, 6) is 0.739. The molecular weight excluding hydrogens is 300 g/mol. The second kappa shape index (κ2) is 4.85. The number of carbonyl (C=O) groups excluding carboxylic acids is 1. The highest BCUT2D eigenvalue weighted by Gasteiger charge is 2.62. The van der Waals surface area contributed by atoms with Gasteiger partial charge < -0.3 is 10.1 Å². The number of fused-ring (bicyclic) bond motifs is 2. The van der Waals surface area contributed by atoms with Crippen LogP contribution in [0.25, 0.3) is 0 Å². The molecule has 4 aliphatic rings. The lowest BCUT2D eigenvalue weighted by molar-refractivity contribution is -0.137. The molecule has 126 valence electrons. The molecule has 3 aliphatic heterocycles. The van der Waals surface area contributed by atoms with Crippen LogP contribution in [0.15, 0.2) is 35.5 Å². The van der Waals surface area contributed by atoms with Crippen LogP contribution in [-0.4, -0.2) is 37.1 Å². The fourth-order valence-electron chi connectivity index (χ4n) is 5.98. The average molecular weight is 324 g/mol. The van der Waals surface area contributed by atoms with Gasteiger partial charge in [0.1, 0.15) is 0 Å². The Morgan fingerprint density at radius 2 is 2.25 bits per heavy atom. The van der Waals surface area contributed by atoms with Gasteiger partial charge in [-0.3, -0.25) is 4.90 Å². The zero-order chi connectivity index (χ0) is 16.5. The number of para-hydroxylation sites is 1. The summed E-state index contributed by atoms with van der Waals surface area (Å²) in [5.41, 5.74) is 4.60. The van der Waals surface area contributed by atoms with E-state index < -0.39 is 0 Å². The number of piperidine rings is 1. The third kappa shape index (κ3) is 1.55. The van der Waals surface area contributed by atoms with Gasteiger partial charge in [-0.25, -0.2) is 4.79 Å². The van der Waals surface area contributed by atoms with E-state index in [1.54, 1.807) is 0 Å². The van der Waals surface area contributed by atoms with Gasteiger partial charge in [0, 0.05) is 24.0 Å². The van der Waals surface area contributed by atoms with Crippen molar-refractivity contribution < 1.29 is 9.53 Å². The maximum atomic E-state index is 12.8. The number of esters is 1. The first-order chi connectivity index (χ1) is 11.7. The lowest BCUT2D eigenvalue weighted by Crippen LogP contribution is -2.55. The van der Waals surface area contributed by atoms with E-state index in [2.05, 4.69) is 41.4 Å². The van der Waals surface area contributed by atoms with E-state index in [0.717, 1.165) is 43.6 Å². The largest absolute Gasteiger partial charge is 0.466 e. The van der Waals surface area contributed by atoms with Crippen LogP contribution < -0.4 is 5.32 Å². The first kappa shape index (κ1) is 14.5. The van der Waals surface area contributed by atoms with Gasteiger partial charge >= 0.3 is 5.97 Å². The fourth-order valence-corrected chi connectivity index (χ4v) is 5.98. The Morgan fingerprint density at radius 1 is 1.42 bits per heavy atom. The van der Waals surface area contributed by atoms with Gasteiger partial charge in [0.15, 0.2) is 0 Å². The minimum atomic E-state index is -0.132. The molecule has 0 aromatic heterocycles. The second-order valence-electron chi connectivity index (χ2n) is 7.69. The van der Waals surface area contributed by atoms with Crippen molar-refractivity contribution in [2.75, 3.05) is 25.5 Å². The highest BCUT2D eigenvalue weighted by Crippen LogP contribution is 2.61. The molecule has 4 heteroatoms. The molecule has 0 saturated carbocycles. The van der Waals surface area contributed by atoms with Gasteiger partial charge in [0.05, 0.1) is 18.1 Å². The lowest BCUT2D eigenvalue weighted by Gasteiger charge is -2.50. The van der Waals surface area contributed by atoms with Crippen molar-refractivity contribution in [2.24, 2.45) is 11.8 Å². The number of nitrogens with one attached hydrogen (secondary N) is 1. The van der Waals surface area contributed by atoms with Crippen molar-refractivity contribution in [2.45, 2.75) is 37.6 Å². The molecule has 0 unspecified atom stereocenters. The molecule has 2 bridgehead atoms. The van der Waals surface area contributed by atoms with Gasteiger partial charge in [0.25, 0.3) is 0 Å². The molecule has 1 spiro atoms. The summed E-state index contributed by atoms with van der Waals surface area (Å²) < 4.78 is 5.23. The Labute approximate surface area is 142 Å². The Hall–Kier alpha value is -1.81. The Bertz CT molecular complexity index is 756. The van der Waals surface area contributed by atoms with Crippen LogP contribution >= 0.6 is 0 Å². The van der Waals surface area contributed by atoms with E-state index in [1.165, 1.54) is 18.4 Å². The number of nitrogens with zero attached hydrogens (tertiary/aromatic N) is 1. The fraction of sp³-hybridized carbons (Fsp3) is 0.550. The van der Waals surface area contributed by atoms with Crippen LogP contribution in [0.4, 0.5) is 5.69 Å². The minimum Gasteiger partial charge on any atom is -0.466 e. The maximum absolute atomic E-state index is 12.8. The molecule has 24 heavy (non-hydrogen) atoms. The zero-order valence-electron chi connectivity index (χ0n) is 14.3. The molecule has 4 nitrogen and oxygen atoms in total. The summed E-state index contributed by atoms with van der Waals surface area (Å²) in [6.07, 6.45) is 3.30. The SMILES string of the molecule is CC[C@@H]1CN2CC[C@]34C(=C(C(=O)OC)[C@@H]1C[C@@H]23)Nc1ccccc14. The Balaban J connectivity index is 1.79. The number of hydrogen-bond donors (Lipinski definition) is 1. The molecule has 1 N–H and O–H groups in total. The maximum Gasteiger partial charge on any atom is 0.335 e. The van der Waals surface area contributed by atoms with Gasteiger partial charge in [-0.05, 0) is 42.9 Å². The highest BCUT2D eigenvalue weighted by molar-refractivity contribution is 5.93. The highest BCUT2D eigenvalue weighted by atomic mass is 16.5. The van der Waals surface area contributed by atoms with Crippen molar-refractivity contribution in [3.8, 4) is 0 Å². The molecule has 1 aliphatic carbocycles. The van der Waals surface area contributed by atoms with Crippen LogP contribution in [-0.2, 0) is 14.9 Å². The first-order valence-corrected chi connectivity index (χ1v) is 9.14. The van der Waals surface area contributed by atoms with Gasteiger partial charge in [-0.15, -0.1) is 0 Å². The van der Waals surface area contributed by atoms with E-state index >= 15 is 0 Å². The molecule has 2 fully saturated rings. The predicted octanol–water partition coefficient (Wildman–Crippen LogP) is 2.91. The number of methoxy groups -OCH3 is 1. The summed E-state index contributed by atoms with van der Waals surface area (Å²) in [6, 6.07) is 9.12. The number of anilines is 1. The van der Waals surface area contributed by atoms with Crippen LogP contribution in [0.5, 0.6) is 0 Å². The van der Waals surface area contributed by atoms with E-state index in [-0.39, 0.29) is 11.4 Å². The summed E-state index contributed by atoms with van der Waals surface area (Å²) >= 11 is 0. The quantitative estimate of drug-likeness (QED) is 0.850. The van der Waals surface area contributed by atoms with Crippen molar-refractivity contribution in [1.29, 1.82) is 0 Å². The number of ether oxygens (including phenoxy) is 1. The molecule has 0 amide bonds. The number of hydrogen-bond acceptors (Lipinski definition) is 4. The molecular formula is C20H24N2O2. The normalized spacial score (nSPS) is 36.2. The number of carbonyl (C=O) groups is 1. The van der Waals surface area contributed by atoms with Crippen LogP contribution in [0.3, 0.4) is 0 Å². The molecule has 1 aromatic carbocycles. The van der Waals surface area contributed by atoms with Gasteiger partial charge in [0.2, 0.25) is 0 Å². The molecule has 5 rings (SSSR count). The standard InChI is InChI=1S/C20H24N2O2/c1-3-12-11-22-9-8-20-14-6-4-5-7-15(14)21-18(20)17(19(23)24-2)13(12)10-16(20)22/h4-7,12-13,16,21H,3,8-11H2,1-2H3/t12-,13-,16-,20-/m1/s1. The number of rotatable bonds is 2. The third-order valence-corrected chi connectivity index (χ3v) is 7.00. The third-order valence-electron chi connectivity index (χ3n) is 7.00. The van der Waals surface area contributed by atoms with Crippen molar-refractivity contribution in [3.63, 3.8) is 0 Å². The van der Waals surface area contributed by atoms with Crippen LogP contribution in [0.2, 0.25) is 0 Å². The van der Waals surface area contributed by atoms with E-state index in [9.17, 15) is 4.79 Å². The minimum absolute atomic E-state index is 0.0324. The predicted molar refractivity (Wildman–Crippen MR) is 92.7 cm³/mol. The molecule has 4 atom stereocenters. The van der Waals surface area contributed by atoms with E-state index in [4.69, 9.17) is 4.74 Å². The summed E-state index contributed by atoms with van der Waals surface area (Å²) in [7, 11) is 1.52. The molecule has 3 heterocycles. The topological polar surface area (TPSA) is 41.6 Å². The van der Waals surface area contributed by atoms with Crippen molar-refractivity contribution >= 4 is 11.7 Å². The second-order valence-corrected chi connectivity index (χ2v) is 7.69. The van der Waals surface area contributed by atoms with E-state index in [0.29, 0.717) is 17.9 Å². The average Bonchev–Trinajstić information content (AvgIpc) is 3.17. The summed E-state index contributed by atoms with van der Waals surface area (Å²) in [6.45, 7) is 4.49. The smallest absolute Gasteiger partial charge is 0.335 e. The lowest BCUT2D eigenvalue weighted by atomic mass is 9.60. The van der Waals surface area contributed by atoms with Crippen molar-refractivity contribution in [1.82, 2.24) is 4.90 Å². The first-order valence-electron chi connectivity index (χ1n) is 9.14.